The van der Waals surface area contributed by atoms with E-state index in [2.05, 4.69) is 5.32 Å². The van der Waals surface area contributed by atoms with Gasteiger partial charge in [0, 0.05) is 17.5 Å². The van der Waals surface area contributed by atoms with Crippen LogP contribution in [0.4, 0.5) is 0 Å². The third kappa shape index (κ3) is 1.82. The topological polar surface area (TPSA) is 74.5 Å². The number of rotatable bonds is 2. The lowest BCUT2D eigenvalue weighted by molar-refractivity contribution is -0.127. The molecule has 0 bridgehead atoms. The number of carbonyl (C=O) groups is 1. The molecule has 22 heavy (non-hydrogen) atoms. The van der Waals surface area contributed by atoms with Crippen LogP contribution < -0.4 is 5.32 Å². The van der Waals surface area contributed by atoms with Crippen LogP contribution in [-0.2, 0) is 17.6 Å². The van der Waals surface area contributed by atoms with E-state index in [1.54, 1.807) is 0 Å². The molecule has 1 atom stereocenters. The average molecular weight is 296 g/mol. The Morgan fingerprint density at radius 2 is 1.77 bits per heavy atom. The quantitative estimate of drug-likeness (QED) is 0.584. The molecule has 4 rings (SSSR count). The maximum atomic E-state index is 11.1. The van der Waals surface area contributed by atoms with Crippen LogP contribution in [-0.4, -0.2) is 26.7 Å². The molecule has 1 aromatic heterocycles. The molecule has 1 fully saturated rings. The van der Waals surface area contributed by atoms with E-state index in [4.69, 9.17) is 0 Å². The fourth-order valence-electron chi connectivity index (χ4n) is 3.22. The Bertz CT molecular complexity index is 782. The zero-order valence-corrected chi connectivity index (χ0v) is 11.9. The van der Waals surface area contributed by atoms with Gasteiger partial charge in [0.25, 0.3) is 0 Å². The van der Waals surface area contributed by atoms with Gasteiger partial charge in [0.05, 0.1) is 18.2 Å². The smallest absolute Gasteiger partial charge is 0.222 e. The van der Waals surface area contributed by atoms with Crippen LogP contribution in [0.2, 0.25) is 0 Å². The van der Waals surface area contributed by atoms with E-state index in [1.807, 2.05) is 36.4 Å². The molecule has 0 spiro atoms. The first-order chi connectivity index (χ1) is 10.6. The highest BCUT2D eigenvalue weighted by atomic mass is 16.3. The lowest BCUT2D eigenvalue weighted by atomic mass is 9.86. The van der Waals surface area contributed by atoms with Crippen molar-refractivity contribution >= 4 is 5.91 Å². The van der Waals surface area contributed by atoms with Crippen molar-refractivity contribution in [2.45, 2.75) is 25.3 Å². The molecule has 1 amide bonds. The van der Waals surface area contributed by atoms with Crippen molar-refractivity contribution in [1.29, 1.82) is 0 Å². The molecule has 5 heteroatoms. The maximum absolute atomic E-state index is 11.1. The zero-order chi connectivity index (χ0) is 15.3. The maximum Gasteiger partial charge on any atom is 0.222 e. The van der Waals surface area contributed by atoms with Crippen molar-refractivity contribution in [3.63, 3.8) is 0 Å². The second-order valence-corrected chi connectivity index (χ2v) is 5.76. The molecule has 3 N–H and O–H groups in total. The number of para-hydroxylation sites is 1. The molecule has 1 aliphatic heterocycles. The van der Waals surface area contributed by atoms with Crippen LogP contribution in [0.1, 0.15) is 17.5 Å². The van der Waals surface area contributed by atoms with Crippen LogP contribution in [0, 0.1) is 0 Å². The van der Waals surface area contributed by atoms with E-state index in [-0.39, 0.29) is 23.7 Å². The number of nitrogens with zero attached hydrogens (tertiary/aromatic N) is 1. The van der Waals surface area contributed by atoms with Crippen molar-refractivity contribution < 1.29 is 15.0 Å². The largest absolute Gasteiger partial charge is 0.494 e. The van der Waals surface area contributed by atoms with Gasteiger partial charge in [-0.3, -0.25) is 9.36 Å². The Balaban J connectivity index is 1.72. The van der Waals surface area contributed by atoms with E-state index >= 15 is 0 Å². The first-order valence-electron chi connectivity index (χ1n) is 7.33. The molecule has 0 radical (unpaired) electrons. The Morgan fingerprint density at radius 1 is 1.09 bits per heavy atom. The highest BCUT2D eigenvalue weighted by Crippen LogP contribution is 2.41. The molecule has 1 aliphatic carbocycles. The Kier molecular flexibility index (Phi) is 2.76. The highest BCUT2D eigenvalue weighted by Gasteiger charge is 2.33. The van der Waals surface area contributed by atoms with E-state index in [0.717, 1.165) is 22.4 Å². The van der Waals surface area contributed by atoms with E-state index in [9.17, 15) is 15.0 Å². The van der Waals surface area contributed by atoms with Gasteiger partial charge in [0.15, 0.2) is 0 Å². The first-order valence-corrected chi connectivity index (χ1v) is 7.33. The van der Waals surface area contributed by atoms with E-state index < -0.39 is 0 Å². The number of benzene rings is 1. The van der Waals surface area contributed by atoms with Crippen molar-refractivity contribution in [2.75, 3.05) is 0 Å². The van der Waals surface area contributed by atoms with Gasteiger partial charge in [-0.05, 0) is 24.1 Å². The summed E-state index contributed by atoms with van der Waals surface area (Å²) >= 11 is 0. The number of carbonyl (C=O) groups excluding carboxylic acids is 1. The Hall–Kier alpha value is -2.69. The van der Waals surface area contributed by atoms with Gasteiger partial charge in [-0.2, -0.15) is 0 Å². The lowest BCUT2D eigenvalue weighted by Gasteiger charge is -2.31. The fourth-order valence-corrected chi connectivity index (χ4v) is 3.22. The predicted octanol–water partition coefficient (Wildman–Crippen LogP) is 1.80. The summed E-state index contributed by atoms with van der Waals surface area (Å²) in [6, 6.07) is 9.36. The number of nitrogens with one attached hydrogen (secondary N) is 1. The third-order valence-corrected chi connectivity index (χ3v) is 4.46. The highest BCUT2D eigenvalue weighted by molar-refractivity contribution is 5.84. The number of aromatic nitrogens is 1. The minimum absolute atomic E-state index is 0.0608. The summed E-state index contributed by atoms with van der Waals surface area (Å²) in [4.78, 5) is 11.1. The van der Waals surface area contributed by atoms with Crippen molar-refractivity contribution in [2.24, 2.45) is 0 Å². The number of allylic oxidation sites excluding steroid dienone is 1. The predicted molar refractivity (Wildman–Crippen MR) is 81.1 cm³/mol. The lowest BCUT2D eigenvalue weighted by Crippen LogP contribution is -2.50. The van der Waals surface area contributed by atoms with E-state index in [0.29, 0.717) is 19.3 Å². The molecule has 0 saturated carbocycles. The molecular weight excluding hydrogens is 280 g/mol. The van der Waals surface area contributed by atoms with Gasteiger partial charge < -0.3 is 15.5 Å². The Labute approximate surface area is 127 Å². The Morgan fingerprint density at radius 3 is 2.45 bits per heavy atom. The van der Waals surface area contributed by atoms with Crippen LogP contribution in [0.25, 0.3) is 5.69 Å². The molecule has 1 saturated heterocycles. The number of hydrogen-bond acceptors (Lipinski definition) is 3. The summed E-state index contributed by atoms with van der Waals surface area (Å²) in [6.45, 7) is 0. The van der Waals surface area contributed by atoms with Gasteiger partial charge in [0.1, 0.15) is 0 Å². The van der Waals surface area contributed by atoms with Gasteiger partial charge in [-0.25, -0.2) is 0 Å². The molecule has 2 heterocycles. The molecule has 1 unspecified atom stereocenters. The van der Waals surface area contributed by atoms with Crippen molar-refractivity contribution in [3.05, 3.63) is 53.1 Å². The summed E-state index contributed by atoms with van der Waals surface area (Å²) in [5, 5.41) is 23.8. The van der Waals surface area contributed by atoms with Crippen molar-refractivity contribution in [3.8, 4) is 17.4 Å². The fraction of sp³-hybridized carbons (Fsp3) is 0.235. The average Bonchev–Trinajstić information content (AvgIpc) is 2.76. The molecule has 2 aliphatic rings. The summed E-state index contributed by atoms with van der Waals surface area (Å²) in [5.74, 6) is 0.229. The van der Waals surface area contributed by atoms with Crippen LogP contribution in [0.3, 0.4) is 0 Å². The van der Waals surface area contributed by atoms with Gasteiger partial charge >= 0.3 is 0 Å². The normalized spacial score (nSPS) is 19.9. The number of hydrogen-bond donors (Lipinski definition) is 3. The zero-order valence-electron chi connectivity index (χ0n) is 11.9. The number of β-lactam (4-membered cyclic amide) rings is 1. The summed E-state index contributed by atoms with van der Waals surface area (Å²) in [6.07, 6.45) is 3.67. The van der Waals surface area contributed by atoms with Gasteiger partial charge in [-0.1, -0.05) is 24.3 Å². The molecule has 5 nitrogen and oxygen atoms in total. The van der Waals surface area contributed by atoms with Gasteiger partial charge in [0.2, 0.25) is 17.7 Å². The monoisotopic (exact) mass is 296 g/mol. The standard InChI is InChI=1S/C17H16N2O3/c20-15-9-14(18-15)10-6-7-12-13(8-10)17(22)19(16(12)21)11-4-2-1-3-5-11/h1-6,14,21-22H,7-9H2,(H,18,20). The molecule has 1 aromatic carbocycles. The van der Waals surface area contributed by atoms with Gasteiger partial charge in [-0.15, -0.1) is 0 Å². The summed E-state index contributed by atoms with van der Waals surface area (Å²) < 4.78 is 1.47. The second-order valence-electron chi connectivity index (χ2n) is 5.76. The van der Waals surface area contributed by atoms with E-state index in [1.165, 1.54) is 4.57 Å². The SMILES string of the molecule is O=C1CC(C2=CCc3c(c(O)n(-c4ccccc4)c3O)C2)N1. The number of aromatic hydroxyl groups is 2. The summed E-state index contributed by atoms with van der Waals surface area (Å²) in [5.41, 5.74) is 3.34. The second kappa shape index (κ2) is 4.66. The van der Waals surface area contributed by atoms with Crippen molar-refractivity contribution in [1.82, 2.24) is 9.88 Å². The minimum Gasteiger partial charge on any atom is -0.494 e. The van der Waals surface area contributed by atoms with Crippen LogP contribution >= 0.6 is 0 Å². The number of fused-ring (bicyclic) bond motifs is 1. The molecule has 112 valence electrons. The van der Waals surface area contributed by atoms with Crippen LogP contribution in [0.5, 0.6) is 11.8 Å². The number of amides is 1. The summed E-state index contributed by atoms with van der Waals surface area (Å²) in [7, 11) is 0. The minimum atomic E-state index is 0.0608. The molecule has 2 aromatic rings. The first kappa shape index (κ1) is 13.0. The molecular formula is C17H16N2O3. The van der Waals surface area contributed by atoms with Crippen LogP contribution in [0.15, 0.2) is 42.0 Å². The third-order valence-electron chi connectivity index (χ3n) is 4.46.